The van der Waals surface area contributed by atoms with Crippen LogP contribution in [0, 0.1) is 0 Å². The molecule has 0 unspecified atom stereocenters. The van der Waals surface area contributed by atoms with Crippen LogP contribution in [0.15, 0.2) is 121 Å². The summed E-state index contributed by atoms with van der Waals surface area (Å²) in [6.07, 6.45) is 0. The van der Waals surface area contributed by atoms with E-state index in [-0.39, 0.29) is 11.6 Å². The molecule has 0 aliphatic heterocycles. The first-order valence-corrected chi connectivity index (χ1v) is 12.9. The van der Waals surface area contributed by atoms with Crippen molar-refractivity contribution in [3.05, 3.63) is 121 Å². The maximum atomic E-state index is 7.02. The summed E-state index contributed by atoms with van der Waals surface area (Å²) in [6.45, 7) is 0. The van der Waals surface area contributed by atoms with Crippen molar-refractivity contribution in [1.29, 1.82) is 0 Å². The van der Waals surface area contributed by atoms with Gasteiger partial charge in [-0.05, 0) is 37.1 Å². The zero-order chi connectivity index (χ0) is 20.8. The summed E-state index contributed by atoms with van der Waals surface area (Å²) < 4.78 is 0. The summed E-state index contributed by atoms with van der Waals surface area (Å²) in [7, 11) is -1.59. The normalized spacial score (nSPS) is 13.3. The number of hydrogen-bond acceptors (Lipinski definition) is 2. The van der Waals surface area contributed by atoms with Gasteiger partial charge < -0.3 is 11.5 Å². The van der Waals surface area contributed by atoms with Gasteiger partial charge in [0.25, 0.3) is 0 Å². The SMILES string of the molecule is N[C@H]([C@@H](N)P(c1ccccc1)c1ccccc1)P(c1ccccc1)c1ccccc1. The zero-order valence-electron chi connectivity index (χ0n) is 16.8. The molecule has 0 saturated heterocycles. The average Bonchev–Trinajstić information content (AvgIpc) is 2.82. The molecule has 4 aromatic rings. The van der Waals surface area contributed by atoms with Crippen LogP contribution in [0.4, 0.5) is 0 Å². The molecule has 0 saturated carbocycles. The quantitative estimate of drug-likeness (QED) is 0.440. The lowest BCUT2D eigenvalue weighted by Gasteiger charge is -2.35. The third-order valence-corrected chi connectivity index (χ3v) is 10.6. The molecular formula is C26H26N2P2. The Bertz CT molecular complexity index is 862. The van der Waals surface area contributed by atoms with Crippen LogP contribution in [0.25, 0.3) is 0 Å². The average molecular weight is 428 g/mol. The Hall–Kier alpha value is -2.34. The van der Waals surface area contributed by atoms with Gasteiger partial charge in [-0.1, -0.05) is 121 Å². The van der Waals surface area contributed by atoms with E-state index >= 15 is 0 Å². The molecule has 0 spiro atoms. The van der Waals surface area contributed by atoms with Crippen LogP contribution >= 0.6 is 15.8 Å². The second-order valence-corrected chi connectivity index (χ2v) is 11.8. The maximum Gasteiger partial charge on any atom is 0.0526 e. The van der Waals surface area contributed by atoms with Crippen molar-refractivity contribution < 1.29 is 0 Å². The molecule has 4 rings (SSSR count). The molecule has 0 aliphatic carbocycles. The Morgan fingerprint density at radius 3 is 0.767 bits per heavy atom. The highest BCUT2D eigenvalue weighted by Gasteiger charge is 2.33. The van der Waals surface area contributed by atoms with E-state index in [1.807, 2.05) is 24.3 Å². The van der Waals surface area contributed by atoms with E-state index in [9.17, 15) is 0 Å². The van der Waals surface area contributed by atoms with Crippen LogP contribution in [-0.4, -0.2) is 11.6 Å². The van der Waals surface area contributed by atoms with Gasteiger partial charge >= 0.3 is 0 Å². The predicted octanol–water partition coefficient (Wildman–Crippen LogP) is 3.82. The van der Waals surface area contributed by atoms with Crippen molar-refractivity contribution in [2.45, 2.75) is 11.6 Å². The second kappa shape index (κ2) is 10.1. The van der Waals surface area contributed by atoms with Crippen molar-refractivity contribution in [2.75, 3.05) is 0 Å². The molecule has 0 heterocycles. The summed E-state index contributed by atoms with van der Waals surface area (Å²) in [5, 5.41) is 5.05. The molecule has 0 aromatic heterocycles. The molecule has 4 heteroatoms. The van der Waals surface area contributed by atoms with E-state index in [2.05, 4.69) is 97.1 Å². The maximum absolute atomic E-state index is 7.02. The monoisotopic (exact) mass is 428 g/mol. The van der Waals surface area contributed by atoms with E-state index in [0.717, 1.165) is 0 Å². The Balaban J connectivity index is 1.77. The highest BCUT2D eigenvalue weighted by atomic mass is 31.1. The summed E-state index contributed by atoms with van der Waals surface area (Å²) >= 11 is 0. The second-order valence-electron chi connectivity index (χ2n) is 7.06. The molecule has 4 N–H and O–H groups in total. The minimum absolute atomic E-state index is 0.170. The highest BCUT2D eigenvalue weighted by Crippen LogP contribution is 2.47. The molecule has 0 fully saturated rings. The molecule has 4 aromatic carbocycles. The van der Waals surface area contributed by atoms with Gasteiger partial charge in [0.05, 0.1) is 11.6 Å². The standard InChI is InChI=1S/C26H26N2P2/c27-25(29(21-13-5-1-6-14-21)22-15-7-2-8-16-22)26(28)30(23-17-9-3-10-18-23)24-19-11-4-12-20-24/h1-20,25-26H,27-28H2/t25-,26-/m0/s1. The third-order valence-electron chi connectivity index (χ3n) is 5.08. The molecule has 0 aliphatic rings. The van der Waals surface area contributed by atoms with Crippen LogP contribution in [0.5, 0.6) is 0 Å². The van der Waals surface area contributed by atoms with Crippen molar-refractivity contribution in [3.63, 3.8) is 0 Å². The minimum atomic E-state index is -0.796. The van der Waals surface area contributed by atoms with Crippen LogP contribution in [0.3, 0.4) is 0 Å². The van der Waals surface area contributed by atoms with Crippen LogP contribution in [0.1, 0.15) is 0 Å². The lowest BCUT2D eigenvalue weighted by atomic mass is 10.4. The summed E-state index contributed by atoms with van der Waals surface area (Å²) in [5.74, 6) is -0.340. The van der Waals surface area contributed by atoms with E-state index < -0.39 is 15.8 Å². The van der Waals surface area contributed by atoms with Gasteiger partial charge in [0.1, 0.15) is 0 Å². The lowest BCUT2D eigenvalue weighted by molar-refractivity contribution is 0.840. The van der Waals surface area contributed by atoms with Crippen molar-refractivity contribution in [2.24, 2.45) is 11.5 Å². The van der Waals surface area contributed by atoms with E-state index in [1.165, 1.54) is 21.2 Å². The summed E-state index contributed by atoms with van der Waals surface area (Å²) in [6, 6.07) is 42.3. The fraction of sp³-hybridized carbons (Fsp3) is 0.0769. The van der Waals surface area contributed by atoms with Gasteiger partial charge in [0.2, 0.25) is 0 Å². The fourth-order valence-corrected chi connectivity index (χ4v) is 9.00. The number of hydrogen-bond donors (Lipinski definition) is 2. The van der Waals surface area contributed by atoms with E-state index in [4.69, 9.17) is 11.5 Å². The van der Waals surface area contributed by atoms with Crippen molar-refractivity contribution >= 4 is 37.1 Å². The smallest absolute Gasteiger partial charge is 0.0526 e. The molecule has 0 bridgehead atoms. The Morgan fingerprint density at radius 2 is 0.567 bits per heavy atom. The predicted molar refractivity (Wildman–Crippen MR) is 134 cm³/mol. The molecule has 0 amide bonds. The van der Waals surface area contributed by atoms with E-state index in [0.29, 0.717) is 0 Å². The topological polar surface area (TPSA) is 52.0 Å². The first-order chi connectivity index (χ1) is 14.8. The van der Waals surface area contributed by atoms with Crippen molar-refractivity contribution in [3.8, 4) is 0 Å². The van der Waals surface area contributed by atoms with Gasteiger partial charge in [0, 0.05) is 0 Å². The van der Waals surface area contributed by atoms with Gasteiger partial charge in [-0.25, -0.2) is 0 Å². The highest BCUT2D eigenvalue weighted by molar-refractivity contribution is 7.77. The van der Waals surface area contributed by atoms with Gasteiger partial charge in [-0.2, -0.15) is 0 Å². The van der Waals surface area contributed by atoms with Gasteiger partial charge in [-0.3, -0.25) is 0 Å². The number of nitrogens with two attached hydrogens (primary N) is 2. The fourth-order valence-electron chi connectivity index (χ4n) is 3.65. The molecular weight excluding hydrogens is 402 g/mol. The Labute approximate surface area is 181 Å². The van der Waals surface area contributed by atoms with Gasteiger partial charge in [-0.15, -0.1) is 0 Å². The number of benzene rings is 4. The first-order valence-electron chi connectivity index (χ1n) is 10.1. The lowest BCUT2D eigenvalue weighted by Crippen LogP contribution is -2.45. The molecule has 2 nitrogen and oxygen atoms in total. The Kier molecular flexibility index (Phi) is 7.05. The zero-order valence-corrected chi connectivity index (χ0v) is 18.5. The first kappa shape index (κ1) is 20.9. The van der Waals surface area contributed by atoms with Gasteiger partial charge in [0.15, 0.2) is 0 Å². The molecule has 2 atom stereocenters. The molecule has 0 radical (unpaired) electrons. The molecule has 150 valence electrons. The molecule has 30 heavy (non-hydrogen) atoms. The van der Waals surface area contributed by atoms with Crippen molar-refractivity contribution in [1.82, 2.24) is 0 Å². The summed E-state index contributed by atoms with van der Waals surface area (Å²) in [4.78, 5) is 0. The van der Waals surface area contributed by atoms with Crippen LogP contribution in [-0.2, 0) is 0 Å². The minimum Gasteiger partial charge on any atom is -0.322 e. The van der Waals surface area contributed by atoms with Crippen LogP contribution in [0.2, 0.25) is 0 Å². The van der Waals surface area contributed by atoms with E-state index in [1.54, 1.807) is 0 Å². The van der Waals surface area contributed by atoms with Crippen LogP contribution < -0.4 is 32.7 Å². The third kappa shape index (κ3) is 4.69. The Morgan fingerprint density at radius 1 is 0.367 bits per heavy atom. The summed E-state index contributed by atoms with van der Waals surface area (Å²) in [5.41, 5.74) is 14.0. The largest absolute Gasteiger partial charge is 0.322 e. The number of rotatable bonds is 7.